The van der Waals surface area contributed by atoms with E-state index in [2.05, 4.69) is 184 Å². The average molecular weight is 677 g/mol. The number of nitrogens with zero attached hydrogens (tertiary/aromatic N) is 2. The van der Waals surface area contributed by atoms with Crippen molar-refractivity contribution in [3.05, 3.63) is 193 Å². The van der Waals surface area contributed by atoms with E-state index in [0.717, 1.165) is 28.1 Å². The number of aromatic nitrogens is 2. The molecule has 0 fully saturated rings. The van der Waals surface area contributed by atoms with Gasteiger partial charge in [-0.2, -0.15) is 0 Å². The smallest absolute Gasteiger partial charge is 0.160 e. The Bertz CT molecular complexity index is 2830. The van der Waals surface area contributed by atoms with Gasteiger partial charge in [-0.05, 0) is 72.1 Å². The lowest BCUT2D eigenvalue weighted by atomic mass is 9.77. The SMILES string of the molecule is CC1(C)c2c(cccc2-c2ccc(-c3cc(-c4ccccc4)nc(-c4ccc(-c5ccccc5)cc4)n3)c3ccccc23)-c2ccc3ccccc3c21. The summed E-state index contributed by atoms with van der Waals surface area (Å²) in [7, 11) is 0. The van der Waals surface area contributed by atoms with Crippen molar-refractivity contribution < 1.29 is 0 Å². The van der Waals surface area contributed by atoms with Crippen LogP contribution >= 0.6 is 0 Å². The molecule has 1 aromatic heterocycles. The molecular formula is C51H36N2. The number of hydrogen-bond donors (Lipinski definition) is 0. The van der Waals surface area contributed by atoms with E-state index in [9.17, 15) is 0 Å². The molecule has 0 unspecified atom stereocenters. The van der Waals surface area contributed by atoms with E-state index < -0.39 is 0 Å². The minimum Gasteiger partial charge on any atom is -0.228 e. The first-order valence-electron chi connectivity index (χ1n) is 18.3. The first-order chi connectivity index (χ1) is 26.0. The molecule has 10 rings (SSSR count). The quantitative estimate of drug-likeness (QED) is 0.181. The molecule has 1 aliphatic rings. The van der Waals surface area contributed by atoms with Crippen LogP contribution in [0.5, 0.6) is 0 Å². The zero-order valence-electron chi connectivity index (χ0n) is 29.7. The summed E-state index contributed by atoms with van der Waals surface area (Å²) >= 11 is 0. The molecule has 8 aromatic carbocycles. The lowest BCUT2D eigenvalue weighted by molar-refractivity contribution is 0.668. The Morgan fingerprint density at radius 1 is 0.340 bits per heavy atom. The lowest BCUT2D eigenvalue weighted by Gasteiger charge is -2.26. The molecule has 0 amide bonds. The van der Waals surface area contributed by atoms with E-state index in [0.29, 0.717) is 5.82 Å². The summed E-state index contributed by atoms with van der Waals surface area (Å²) in [6, 6.07) is 65.2. The van der Waals surface area contributed by atoms with Crippen LogP contribution in [0.15, 0.2) is 182 Å². The molecule has 1 heterocycles. The Morgan fingerprint density at radius 3 is 1.58 bits per heavy atom. The fraction of sp³-hybridized carbons (Fsp3) is 0.0588. The van der Waals surface area contributed by atoms with Gasteiger partial charge in [0, 0.05) is 22.1 Å². The van der Waals surface area contributed by atoms with Crippen molar-refractivity contribution in [1.82, 2.24) is 9.97 Å². The second-order valence-corrected chi connectivity index (χ2v) is 14.5. The van der Waals surface area contributed by atoms with Gasteiger partial charge < -0.3 is 0 Å². The molecule has 0 saturated heterocycles. The van der Waals surface area contributed by atoms with Gasteiger partial charge >= 0.3 is 0 Å². The van der Waals surface area contributed by atoms with Crippen LogP contribution in [0, 0.1) is 0 Å². The Morgan fingerprint density at radius 2 is 0.849 bits per heavy atom. The highest BCUT2D eigenvalue weighted by Crippen LogP contribution is 2.55. The third kappa shape index (κ3) is 5.10. The molecule has 250 valence electrons. The van der Waals surface area contributed by atoms with E-state index in [4.69, 9.17) is 9.97 Å². The highest BCUT2D eigenvalue weighted by Gasteiger charge is 2.39. The maximum atomic E-state index is 5.28. The highest BCUT2D eigenvalue weighted by atomic mass is 14.9. The maximum absolute atomic E-state index is 5.28. The van der Waals surface area contributed by atoms with Gasteiger partial charge in [0.1, 0.15) is 0 Å². The minimum atomic E-state index is -0.176. The summed E-state index contributed by atoms with van der Waals surface area (Å²) in [5, 5.41) is 5.00. The third-order valence-corrected chi connectivity index (χ3v) is 11.1. The Kier molecular flexibility index (Phi) is 7.19. The molecule has 2 heteroatoms. The van der Waals surface area contributed by atoms with E-state index in [-0.39, 0.29) is 5.41 Å². The van der Waals surface area contributed by atoms with Crippen LogP contribution in [0.2, 0.25) is 0 Å². The van der Waals surface area contributed by atoms with Crippen molar-refractivity contribution in [3.8, 4) is 67.3 Å². The Labute approximate surface area is 310 Å². The molecule has 0 bridgehead atoms. The Balaban J connectivity index is 1.14. The van der Waals surface area contributed by atoms with Crippen LogP contribution in [0.4, 0.5) is 0 Å². The molecule has 9 aromatic rings. The van der Waals surface area contributed by atoms with Crippen molar-refractivity contribution in [3.63, 3.8) is 0 Å². The molecule has 0 N–H and O–H groups in total. The zero-order chi connectivity index (χ0) is 35.5. The summed E-state index contributed by atoms with van der Waals surface area (Å²) in [4.78, 5) is 10.4. The summed E-state index contributed by atoms with van der Waals surface area (Å²) < 4.78 is 0. The van der Waals surface area contributed by atoms with Gasteiger partial charge in [0.05, 0.1) is 11.4 Å². The molecule has 0 saturated carbocycles. The van der Waals surface area contributed by atoms with E-state index in [1.807, 2.05) is 12.1 Å². The van der Waals surface area contributed by atoms with E-state index in [1.165, 1.54) is 66.1 Å². The number of fused-ring (bicyclic) bond motifs is 6. The zero-order valence-corrected chi connectivity index (χ0v) is 29.7. The van der Waals surface area contributed by atoms with Crippen LogP contribution in [-0.2, 0) is 5.41 Å². The van der Waals surface area contributed by atoms with E-state index >= 15 is 0 Å². The molecule has 0 spiro atoms. The normalized spacial score (nSPS) is 12.9. The monoisotopic (exact) mass is 676 g/mol. The summed E-state index contributed by atoms with van der Waals surface area (Å²) in [5.41, 5.74) is 15.1. The second kappa shape index (κ2) is 12.3. The van der Waals surface area contributed by atoms with Gasteiger partial charge in [0.25, 0.3) is 0 Å². The molecule has 1 aliphatic carbocycles. The van der Waals surface area contributed by atoms with Crippen molar-refractivity contribution in [2.45, 2.75) is 19.3 Å². The molecule has 53 heavy (non-hydrogen) atoms. The molecular weight excluding hydrogens is 641 g/mol. The average Bonchev–Trinajstić information content (AvgIpc) is 3.47. The van der Waals surface area contributed by atoms with Gasteiger partial charge in [0.15, 0.2) is 5.82 Å². The first-order valence-corrected chi connectivity index (χ1v) is 18.3. The molecule has 0 atom stereocenters. The fourth-order valence-electron chi connectivity index (χ4n) is 8.64. The number of hydrogen-bond acceptors (Lipinski definition) is 2. The van der Waals surface area contributed by atoms with Crippen molar-refractivity contribution in [2.75, 3.05) is 0 Å². The van der Waals surface area contributed by atoms with Gasteiger partial charge in [0.2, 0.25) is 0 Å². The first kappa shape index (κ1) is 31.1. The van der Waals surface area contributed by atoms with Crippen LogP contribution in [0.3, 0.4) is 0 Å². The second-order valence-electron chi connectivity index (χ2n) is 14.5. The van der Waals surface area contributed by atoms with Gasteiger partial charge in [-0.1, -0.05) is 190 Å². The van der Waals surface area contributed by atoms with Crippen LogP contribution in [0.25, 0.3) is 88.8 Å². The van der Waals surface area contributed by atoms with Crippen LogP contribution < -0.4 is 0 Å². The van der Waals surface area contributed by atoms with Crippen molar-refractivity contribution >= 4 is 21.5 Å². The van der Waals surface area contributed by atoms with Crippen molar-refractivity contribution in [1.29, 1.82) is 0 Å². The minimum absolute atomic E-state index is 0.176. The number of benzene rings is 8. The Hall–Kier alpha value is -6.64. The lowest BCUT2D eigenvalue weighted by Crippen LogP contribution is -2.17. The predicted octanol–water partition coefficient (Wildman–Crippen LogP) is 13.4. The largest absolute Gasteiger partial charge is 0.228 e. The fourth-order valence-corrected chi connectivity index (χ4v) is 8.64. The molecule has 2 nitrogen and oxygen atoms in total. The maximum Gasteiger partial charge on any atom is 0.160 e. The topological polar surface area (TPSA) is 25.8 Å². The highest BCUT2D eigenvalue weighted by molar-refractivity contribution is 6.07. The molecule has 0 aliphatic heterocycles. The van der Waals surface area contributed by atoms with Gasteiger partial charge in [-0.25, -0.2) is 9.97 Å². The predicted molar refractivity (Wildman–Crippen MR) is 222 cm³/mol. The third-order valence-electron chi connectivity index (χ3n) is 11.1. The van der Waals surface area contributed by atoms with Crippen LogP contribution in [-0.4, -0.2) is 9.97 Å². The van der Waals surface area contributed by atoms with Crippen LogP contribution in [0.1, 0.15) is 25.0 Å². The van der Waals surface area contributed by atoms with Gasteiger partial charge in [-0.3, -0.25) is 0 Å². The summed E-state index contributed by atoms with van der Waals surface area (Å²) in [6.07, 6.45) is 0. The summed E-state index contributed by atoms with van der Waals surface area (Å²) in [6.45, 7) is 4.79. The standard InChI is InChI=1S/C51H36N2/c1-51(2)48-38-19-10-9-16-35(38)28-29-45(48)44-23-13-22-43(49(44)51)41-30-31-42(40-21-12-11-20-39(40)41)47-32-46(36-17-7-4-8-18-36)52-50(53-47)37-26-24-34(25-27-37)33-14-5-3-6-15-33/h3-32H,1-2H3. The van der Waals surface area contributed by atoms with E-state index in [1.54, 1.807) is 0 Å². The molecule has 0 radical (unpaired) electrons. The number of rotatable bonds is 5. The van der Waals surface area contributed by atoms with Crippen molar-refractivity contribution in [2.24, 2.45) is 0 Å². The van der Waals surface area contributed by atoms with Gasteiger partial charge in [-0.15, -0.1) is 0 Å². The summed E-state index contributed by atoms with van der Waals surface area (Å²) in [5.74, 6) is 0.710.